The highest BCUT2D eigenvalue weighted by Crippen LogP contribution is 2.25. The highest BCUT2D eigenvalue weighted by atomic mass is 14.7. The third kappa shape index (κ3) is 2.41. The van der Waals surface area contributed by atoms with Gasteiger partial charge in [-0.05, 0) is 36.1 Å². The summed E-state index contributed by atoms with van der Waals surface area (Å²) in [6, 6.07) is 8.42. The van der Waals surface area contributed by atoms with Gasteiger partial charge in [0.2, 0.25) is 0 Å². The molecule has 0 atom stereocenters. The molecule has 2 nitrogen and oxygen atoms in total. The summed E-state index contributed by atoms with van der Waals surface area (Å²) in [5, 5.41) is 1.08. The SMILES string of the molecule is CCCc1ccc2nc(C(C)C)cc(N)c2c1. The summed E-state index contributed by atoms with van der Waals surface area (Å²) in [6.07, 6.45) is 2.25. The van der Waals surface area contributed by atoms with Gasteiger partial charge in [0.1, 0.15) is 0 Å². The topological polar surface area (TPSA) is 38.9 Å². The molecule has 90 valence electrons. The van der Waals surface area contributed by atoms with Crippen molar-refractivity contribution >= 4 is 16.6 Å². The van der Waals surface area contributed by atoms with Gasteiger partial charge in [-0.25, -0.2) is 0 Å². The summed E-state index contributed by atoms with van der Waals surface area (Å²) < 4.78 is 0. The Hall–Kier alpha value is -1.57. The Balaban J connectivity index is 2.56. The van der Waals surface area contributed by atoms with Crippen LogP contribution in [-0.4, -0.2) is 4.98 Å². The van der Waals surface area contributed by atoms with Crippen LogP contribution in [0.4, 0.5) is 5.69 Å². The van der Waals surface area contributed by atoms with E-state index in [0.29, 0.717) is 5.92 Å². The Kier molecular flexibility index (Phi) is 3.32. The van der Waals surface area contributed by atoms with Crippen LogP contribution >= 0.6 is 0 Å². The molecule has 0 bridgehead atoms. The van der Waals surface area contributed by atoms with Crippen molar-refractivity contribution in [3.63, 3.8) is 0 Å². The number of anilines is 1. The van der Waals surface area contributed by atoms with Gasteiger partial charge in [0.05, 0.1) is 5.52 Å². The molecule has 0 aliphatic carbocycles. The maximum atomic E-state index is 6.12. The van der Waals surface area contributed by atoms with Crippen LogP contribution < -0.4 is 5.73 Å². The fourth-order valence-corrected chi connectivity index (χ4v) is 2.06. The molecule has 0 unspecified atom stereocenters. The summed E-state index contributed by atoms with van der Waals surface area (Å²) in [5.74, 6) is 0.414. The van der Waals surface area contributed by atoms with Crippen molar-refractivity contribution < 1.29 is 0 Å². The normalized spacial score (nSPS) is 11.3. The minimum Gasteiger partial charge on any atom is -0.398 e. The third-order valence-corrected chi connectivity index (χ3v) is 3.06. The molecule has 1 aromatic heterocycles. The first-order chi connectivity index (χ1) is 8.11. The van der Waals surface area contributed by atoms with Crippen LogP contribution in [0.5, 0.6) is 0 Å². The molecule has 2 N–H and O–H groups in total. The molecule has 0 aliphatic heterocycles. The van der Waals surface area contributed by atoms with Crippen LogP contribution in [0.25, 0.3) is 10.9 Å². The van der Waals surface area contributed by atoms with E-state index in [1.165, 1.54) is 5.56 Å². The number of pyridine rings is 1. The summed E-state index contributed by atoms with van der Waals surface area (Å²) in [6.45, 7) is 6.46. The van der Waals surface area contributed by atoms with Crippen molar-refractivity contribution in [1.82, 2.24) is 4.98 Å². The highest BCUT2D eigenvalue weighted by Gasteiger charge is 2.07. The van der Waals surface area contributed by atoms with E-state index in [1.807, 2.05) is 6.07 Å². The number of benzene rings is 1. The Bertz CT molecular complexity index is 530. The first-order valence-electron chi connectivity index (χ1n) is 6.31. The second-order valence-electron chi connectivity index (χ2n) is 4.89. The molecular weight excluding hydrogens is 208 g/mol. The van der Waals surface area contributed by atoms with Gasteiger partial charge in [-0.15, -0.1) is 0 Å². The molecule has 0 aliphatic rings. The number of nitrogen functional groups attached to an aromatic ring is 1. The molecule has 0 radical (unpaired) electrons. The molecule has 0 saturated carbocycles. The molecule has 2 heteroatoms. The molecule has 0 amide bonds. The average molecular weight is 228 g/mol. The lowest BCUT2D eigenvalue weighted by Gasteiger charge is -2.10. The lowest BCUT2D eigenvalue weighted by Crippen LogP contribution is -1.98. The van der Waals surface area contributed by atoms with E-state index in [9.17, 15) is 0 Å². The highest BCUT2D eigenvalue weighted by molar-refractivity contribution is 5.90. The van der Waals surface area contributed by atoms with E-state index in [0.717, 1.165) is 35.1 Å². The van der Waals surface area contributed by atoms with E-state index in [2.05, 4.69) is 44.0 Å². The molecule has 2 rings (SSSR count). The number of hydrogen-bond acceptors (Lipinski definition) is 2. The molecule has 1 aromatic carbocycles. The van der Waals surface area contributed by atoms with Gasteiger partial charge >= 0.3 is 0 Å². The number of nitrogens with zero attached hydrogens (tertiary/aromatic N) is 1. The van der Waals surface area contributed by atoms with Crippen LogP contribution in [0.1, 0.15) is 44.4 Å². The quantitative estimate of drug-likeness (QED) is 0.865. The van der Waals surface area contributed by atoms with Gasteiger partial charge in [0.15, 0.2) is 0 Å². The molecule has 17 heavy (non-hydrogen) atoms. The standard InChI is InChI=1S/C15H20N2/c1-4-5-11-6-7-14-12(8-11)13(16)9-15(17-14)10(2)3/h6-10H,4-5H2,1-3H3,(H2,16,17). The zero-order valence-electron chi connectivity index (χ0n) is 10.8. The van der Waals surface area contributed by atoms with Gasteiger partial charge < -0.3 is 5.73 Å². The summed E-state index contributed by atoms with van der Waals surface area (Å²) in [4.78, 5) is 4.66. The number of nitrogens with two attached hydrogens (primary N) is 1. The summed E-state index contributed by atoms with van der Waals surface area (Å²) in [7, 11) is 0. The summed E-state index contributed by atoms with van der Waals surface area (Å²) >= 11 is 0. The van der Waals surface area contributed by atoms with Crippen molar-refractivity contribution in [3.05, 3.63) is 35.5 Å². The van der Waals surface area contributed by atoms with E-state index in [-0.39, 0.29) is 0 Å². The van der Waals surface area contributed by atoms with E-state index >= 15 is 0 Å². The van der Waals surface area contributed by atoms with Gasteiger partial charge in [-0.1, -0.05) is 33.3 Å². The Labute approximate surface area is 103 Å². The monoisotopic (exact) mass is 228 g/mol. The molecule has 0 saturated heterocycles. The second-order valence-corrected chi connectivity index (χ2v) is 4.89. The minimum atomic E-state index is 0.414. The van der Waals surface area contributed by atoms with Crippen LogP contribution in [0.2, 0.25) is 0 Å². The maximum absolute atomic E-state index is 6.12. The fraction of sp³-hybridized carbons (Fsp3) is 0.400. The van der Waals surface area contributed by atoms with Gasteiger partial charge in [-0.2, -0.15) is 0 Å². The Morgan fingerprint density at radius 1 is 1.24 bits per heavy atom. The maximum Gasteiger partial charge on any atom is 0.0726 e. The predicted octanol–water partition coefficient (Wildman–Crippen LogP) is 3.89. The smallest absolute Gasteiger partial charge is 0.0726 e. The van der Waals surface area contributed by atoms with Crippen molar-refractivity contribution in [2.24, 2.45) is 0 Å². The van der Waals surface area contributed by atoms with Crippen molar-refractivity contribution in [1.29, 1.82) is 0 Å². The van der Waals surface area contributed by atoms with Crippen molar-refractivity contribution in [2.75, 3.05) is 5.73 Å². The Morgan fingerprint density at radius 3 is 2.65 bits per heavy atom. The average Bonchev–Trinajstić information content (AvgIpc) is 2.30. The Morgan fingerprint density at radius 2 is 2.00 bits per heavy atom. The first kappa shape index (κ1) is 11.9. The number of aryl methyl sites for hydroxylation is 1. The van der Waals surface area contributed by atoms with Gasteiger partial charge in [0, 0.05) is 16.8 Å². The summed E-state index contributed by atoms with van der Waals surface area (Å²) in [5.41, 5.74) is 10.4. The lowest BCUT2D eigenvalue weighted by atomic mass is 10.0. The van der Waals surface area contributed by atoms with Crippen LogP contribution in [0.15, 0.2) is 24.3 Å². The number of aromatic nitrogens is 1. The number of fused-ring (bicyclic) bond motifs is 1. The first-order valence-corrected chi connectivity index (χ1v) is 6.31. The van der Waals surface area contributed by atoms with Crippen LogP contribution in [0, 0.1) is 0 Å². The van der Waals surface area contributed by atoms with Gasteiger partial charge in [-0.3, -0.25) is 4.98 Å². The minimum absolute atomic E-state index is 0.414. The molecular formula is C15H20N2. The second kappa shape index (κ2) is 4.74. The number of rotatable bonds is 3. The van der Waals surface area contributed by atoms with Crippen LogP contribution in [0.3, 0.4) is 0 Å². The zero-order chi connectivity index (χ0) is 12.4. The van der Waals surface area contributed by atoms with E-state index in [4.69, 9.17) is 5.73 Å². The zero-order valence-corrected chi connectivity index (χ0v) is 10.8. The molecule has 1 heterocycles. The van der Waals surface area contributed by atoms with E-state index in [1.54, 1.807) is 0 Å². The predicted molar refractivity (Wildman–Crippen MR) is 74.2 cm³/mol. The van der Waals surface area contributed by atoms with Crippen LogP contribution in [-0.2, 0) is 6.42 Å². The van der Waals surface area contributed by atoms with Gasteiger partial charge in [0.25, 0.3) is 0 Å². The largest absolute Gasteiger partial charge is 0.398 e. The lowest BCUT2D eigenvalue weighted by molar-refractivity contribution is 0.830. The molecule has 2 aromatic rings. The fourth-order valence-electron chi connectivity index (χ4n) is 2.06. The molecule has 0 fully saturated rings. The van der Waals surface area contributed by atoms with Crippen molar-refractivity contribution in [3.8, 4) is 0 Å². The number of hydrogen-bond donors (Lipinski definition) is 1. The third-order valence-electron chi connectivity index (χ3n) is 3.06. The van der Waals surface area contributed by atoms with Crippen molar-refractivity contribution in [2.45, 2.75) is 39.5 Å². The van der Waals surface area contributed by atoms with E-state index < -0.39 is 0 Å². The molecule has 0 spiro atoms.